The van der Waals surface area contributed by atoms with Gasteiger partial charge in [0.2, 0.25) is 0 Å². The molecule has 3 heteroatoms. The van der Waals surface area contributed by atoms with E-state index in [0.29, 0.717) is 0 Å². The number of hydrogen-bond acceptors (Lipinski definition) is 3. The molecule has 1 atom stereocenters. The molecule has 0 spiro atoms. The van der Waals surface area contributed by atoms with Crippen LogP contribution < -0.4 is 5.32 Å². The van der Waals surface area contributed by atoms with Gasteiger partial charge in [0.15, 0.2) is 0 Å². The molecule has 0 bridgehead atoms. The van der Waals surface area contributed by atoms with E-state index < -0.39 is 0 Å². The van der Waals surface area contributed by atoms with Crippen molar-refractivity contribution < 1.29 is 5.11 Å². The van der Waals surface area contributed by atoms with Crippen LogP contribution in [-0.2, 0) is 6.54 Å². The Balaban J connectivity index is 2.38. The van der Waals surface area contributed by atoms with Crippen LogP contribution in [0.1, 0.15) is 232 Å². The average Bonchev–Trinajstić information content (AvgIpc) is 3.07. The van der Waals surface area contributed by atoms with Gasteiger partial charge >= 0.3 is 0 Å². The summed E-state index contributed by atoms with van der Waals surface area (Å²) in [4.78, 5) is 2.73. The van der Waals surface area contributed by atoms with Gasteiger partial charge in [-0.3, -0.25) is 4.90 Å². The van der Waals surface area contributed by atoms with Gasteiger partial charge < -0.3 is 10.4 Å². The van der Waals surface area contributed by atoms with E-state index in [4.69, 9.17) is 0 Å². The highest BCUT2D eigenvalue weighted by atomic mass is 16.3. The zero-order valence-electron chi connectivity index (χ0n) is 33.4. The number of nitrogens with zero attached hydrogens (tertiary/aromatic N) is 1. The van der Waals surface area contributed by atoms with Gasteiger partial charge in [0, 0.05) is 12.1 Å². The molecule has 0 heterocycles. The Kier molecular flexibility index (Phi) is 30.1. The summed E-state index contributed by atoms with van der Waals surface area (Å²) in [6, 6.07) is 8.97. The smallest absolute Gasteiger partial charge is 0.0626 e. The number of benzene rings is 1. The number of unbranched alkanes of at least 4 members (excludes halogenated alkanes) is 26. The fourth-order valence-electron chi connectivity index (χ4n) is 7.25. The van der Waals surface area contributed by atoms with Crippen molar-refractivity contribution in [2.45, 2.75) is 233 Å². The van der Waals surface area contributed by atoms with Crippen molar-refractivity contribution in [1.29, 1.82) is 0 Å². The molecule has 0 saturated carbocycles. The molecule has 0 fully saturated rings. The van der Waals surface area contributed by atoms with E-state index in [1.54, 1.807) is 0 Å². The van der Waals surface area contributed by atoms with Crippen LogP contribution >= 0.6 is 0 Å². The summed E-state index contributed by atoms with van der Waals surface area (Å²) in [5, 5.41) is 13.7. The molecule has 0 aliphatic carbocycles. The molecule has 0 amide bonds. The Hall–Kier alpha value is -0.900. The van der Waals surface area contributed by atoms with Crippen LogP contribution in [0, 0.1) is 0 Å². The third kappa shape index (κ3) is 27.9. The largest absolute Gasteiger partial charge is 0.394 e. The molecule has 48 heavy (non-hydrogen) atoms. The fraction of sp³-hybridized carbons (Fsp3) is 0.867. The molecule has 2 N–H and O–H groups in total. The zero-order valence-corrected chi connectivity index (χ0v) is 33.4. The SMILES string of the molecule is CCCCCCCCCCCCCCCCN(CCCCCCCCCCCCCCCC)Cc1cccc(C(CO)NC(C)(C)C)c1. The third-order valence-electron chi connectivity index (χ3n) is 10.2. The maximum atomic E-state index is 10.1. The van der Waals surface area contributed by atoms with Crippen molar-refractivity contribution in [2.24, 2.45) is 0 Å². The maximum Gasteiger partial charge on any atom is 0.0626 e. The fourth-order valence-corrected chi connectivity index (χ4v) is 7.25. The molecular weight excluding hydrogens is 585 g/mol. The Labute approximate surface area is 302 Å². The van der Waals surface area contributed by atoms with Crippen molar-refractivity contribution in [1.82, 2.24) is 10.2 Å². The second-order valence-electron chi connectivity index (χ2n) is 16.3. The zero-order chi connectivity index (χ0) is 35.0. The van der Waals surface area contributed by atoms with Crippen molar-refractivity contribution >= 4 is 0 Å². The van der Waals surface area contributed by atoms with Gasteiger partial charge in [-0.15, -0.1) is 0 Å². The first-order valence-corrected chi connectivity index (χ1v) is 21.6. The molecule has 0 saturated heterocycles. The van der Waals surface area contributed by atoms with E-state index in [1.807, 2.05) is 0 Å². The van der Waals surface area contributed by atoms with Crippen molar-refractivity contribution in [3.63, 3.8) is 0 Å². The summed E-state index contributed by atoms with van der Waals surface area (Å²) >= 11 is 0. The minimum Gasteiger partial charge on any atom is -0.394 e. The highest BCUT2D eigenvalue weighted by Crippen LogP contribution is 2.20. The lowest BCUT2D eigenvalue weighted by atomic mass is 10.00. The Bertz CT molecular complexity index is 770. The first kappa shape index (κ1) is 45.1. The van der Waals surface area contributed by atoms with Crippen LogP contribution in [0.2, 0.25) is 0 Å². The van der Waals surface area contributed by atoms with Gasteiger partial charge in [-0.25, -0.2) is 0 Å². The molecule has 0 aliphatic heterocycles. The monoisotopic (exact) mass is 671 g/mol. The average molecular weight is 671 g/mol. The predicted octanol–water partition coefficient (Wildman–Crippen LogP) is 13.9. The van der Waals surface area contributed by atoms with Gasteiger partial charge in [-0.2, -0.15) is 0 Å². The molecule has 0 aromatic heterocycles. The van der Waals surface area contributed by atoms with Gasteiger partial charge in [-0.05, 0) is 57.8 Å². The van der Waals surface area contributed by atoms with Crippen molar-refractivity contribution in [3.8, 4) is 0 Å². The topological polar surface area (TPSA) is 35.5 Å². The molecule has 282 valence electrons. The van der Waals surface area contributed by atoms with E-state index >= 15 is 0 Å². The second kappa shape index (κ2) is 32.0. The number of aliphatic hydroxyl groups is 1. The van der Waals surface area contributed by atoms with E-state index in [-0.39, 0.29) is 18.2 Å². The van der Waals surface area contributed by atoms with E-state index in [9.17, 15) is 5.11 Å². The molecular formula is C45H86N2O. The quantitative estimate of drug-likeness (QED) is 0.0706. The van der Waals surface area contributed by atoms with Crippen molar-refractivity contribution in [2.75, 3.05) is 19.7 Å². The molecule has 0 aliphatic rings. The van der Waals surface area contributed by atoms with Crippen LogP contribution in [0.25, 0.3) is 0 Å². The lowest BCUT2D eigenvalue weighted by Crippen LogP contribution is -2.40. The second-order valence-corrected chi connectivity index (χ2v) is 16.3. The summed E-state index contributed by atoms with van der Waals surface area (Å²) in [5.41, 5.74) is 2.56. The highest BCUT2D eigenvalue weighted by Gasteiger charge is 2.18. The summed E-state index contributed by atoms with van der Waals surface area (Å²) < 4.78 is 0. The third-order valence-corrected chi connectivity index (χ3v) is 10.2. The molecule has 1 aromatic rings. The molecule has 1 unspecified atom stereocenters. The molecule has 0 radical (unpaired) electrons. The molecule has 3 nitrogen and oxygen atoms in total. The van der Waals surface area contributed by atoms with Crippen LogP contribution in [0.3, 0.4) is 0 Å². The van der Waals surface area contributed by atoms with Crippen LogP contribution in [0.5, 0.6) is 0 Å². The number of aliphatic hydroxyl groups excluding tert-OH is 1. The maximum absolute atomic E-state index is 10.1. The van der Waals surface area contributed by atoms with Gasteiger partial charge in [0.1, 0.15) is 0 Å². The van der Waals surface area contributed by atoms with Crippen LogP contribution in [0.4, 0.5) is 0 Å². The van der Waals surface area contributed by atoms with Gasteiger partial charge in [0.25, 0.3) is 0 Å². The summed E-state index contributed by atoms with van der Waals surface area (Å²) in [6.45, 7) is 14.7. The standard InChI is InChI=1S/C45H86N2O/c1-6-8-10-12-14-16-18-20-22-24-26-28-30-32-37-47(38-33-31-29-27-25-23-21-19-17-15-13-11-9-7-2)40-42-35-34-36-43(39-42)44(41-48)46-45(3,4)5/h34-36,39,44,46,48H,6-33,37-38,40-41H2,1-5H3. The number of rotatable bonds is 35. The van der Waals surface area contributed by atoms with E-state index in [0.717, 1.165) is 6.54 Å². The Morgan fingerprint density at radius 3 is 1.23 bits per heavy atom. The Morgan fingerprint density at radius 1 is 0.542 bits per heavy atom. The van der Waals surface area contributed by atoms with Gasteiger partial charge in [-0.1, -0.05) is 205 Å². The van der Waals surface area contributed by atoms with E-state index in [1.165, 1.54) is 204 Å². The highest BCUT2D eigenvalue weighted by molar-refractivity contribution is 5.26. The Morgan fingerprint density at radius 2 is 0.896 bits per heavy atom. The minimum absolute atomic E-state index is 0.0185. The summed E-state index contributed by atoms with van der Waals surface area (Å²) in [7, 11) is 0. The molecule has 1 aromatic carbocycles. The minimum atomic E-state index is -0.0305. The van der Waals surface area contributed by atoms with Gasteiger partial charge in [0.05, 0.1) is 12.6 Å². The van der Waals surface area contributed by atoms with Crippen LogP contribution in [0.15, 0.2) is 24.3 Å². The summed E-state index contributed by atoms with van der Waals surface area (Å²) in [6.07, 6.45) is 39.7. The first-order valence-electron chi connectivity index (χ1n) is 21.6. The lowest BCUT2D eigenvalue weighted by molar-refractivity contribution is 0.217. The first-order chi connectivity index (χ1) is 23.4. The summed E-state index contributed by atoms with van der Waals surface area (Å²) in [5.74, 6) is 0. The van der Waals surface area contributed by atoms with Crippen LogP contribution in [-0.4, -0.2) is 35.2 Å². The normalized spacial score (nSPS) is 12.7. The van der Waals surface area contributed by atoms with E-state index in [2.05, 4.69) is 69.1 Å². The lowest BCUT2D eigenvalue weighted by Gasteiger charge is -2.28. The number of hydrogen-bond donors (Lipinski definition) is 2. The van der Waals surface area contributed by atoms with Crippen molar-refractivity contribution in [3.05, 3.63) is 35.4 Å². The predicted molar refractivity (Wildman–Crippen MR) is 215 cm³/mol. The molecule has 1 rings (SSSR count). The number of nitrogens with one attached hydrogen (secondary N) is 1.